The van der Waals surface area contributed by atoms with Gasteiger partial charge in [-0.05, 0) is 31.5 Å². The fraction of sp³-hybridized carbons (Fsp3) is 0.667. The minimum absolute atomic E-state index is 0.0502. The first-order chi connectivity index (χ1) is 12.8. The van der Waals surface area contributed by atoms with Crippen molar-refractivity contribution >= 4 is 0 Å². The SMILES string of the molecule is [2H]C([2H])(O)C([2H])(Oc1ccc(COCCOC(C)C)cc1)C([2H])([2H])NC(C)C. The molecule has 0 aliphatic heterocycles. The number of rotatable bonds is 12. The van der Waals surface area contributed by atoms with Gasteiger partial charge in [-0.25, -0.2) is 0 Å². The van der Waals surface area contributed by atoms with Gasteiger partial charge in [0, 0.05) is 15.3 Å². The lowest BCUT2D eigenvalue weighted by Crippen LogP contribution is -2.37. The Morgan fingerprint density at radius 2 is 1.87 bits per heavy atom. The van der Waals surface area contributed by atoms with E-state index in [1.807, 2.05) is 13.8 Å². The first-order valence-corrected chi connectivity index (χ1v) is 7.76. The smallest absolute Gasteiger partial charge is 0.134 e. The van der Waals surface area contributed by atoms with Crippen molar-refractivity contribution in [3.63, 3.8) is 0 Å². The quantitative estimate of drug-likeness (QED) is 0.576. The van der Waals surface area contributed by atoms with Crippen LogP contribution in [0.2, 0.25) is 0 Å². The summed E-state index contributed by atoms with van der Waals surface area (Å²) in [7, 11) is 0. The van der Waals surface area contributed by atoms with Gasteiger partial charge in [0.15, 0.2) is 0 Å². The highest BCUT2D eigenvalue weighted by molar-refractivity contribution is 5.27. The molecular weight excluding hydrogens is 294 g/mol. The second kappa shape index (κ2) is 11.4. The van der Waals surface area contributed by atoms with Crippen LogP contribution >= 0.6 is 0 Å². The molecule has 23 heavy (non-hydrogen) atoms. The third kappa shape index (κ3) is 9.56. The van der Waals surface area contributed by atoms with E-state index < -0.39 is 25.2 Å². The number of benzene rings is 1. The van der Waals surface area contributed by atoms with Crippen LogP contribution in [0, 0.1) is 0 Å². The third-order valence-corrected chi connectivity index (χ3v) is 2.67. The lowest BCUT2D eigenvalue weighted by Gasteiger charge is -2.19. The van der Waals surface area contributed by atoms with Gasteiger partial charge in [-0.1, -0.05) is 26.0 Å². The summed E-state index contributed by atoms with van der Waals surface area (Å²) < 4.78 is 55.5. The molecule has 1 rings (SSSR count). The van der Waals surface area contributed by atoms with Crippen molar-refractivity contribution in [2.45, 2.75) is 52.5 Å². The molecule has 0 heterocycles. The van der Waals surface area contributed by atoms with Crippen molar-refractivity contribution in [2.24, 2.45) is 0 Å². The summed E-state index contributed by atoms with van der Waals surface area (Å²) in [5.74, 6) is 0.0502. The highest BCUT2D eigenvalue weighted by Crippen LogP contribution is 2.14. The van der Waals surface area contributed by atoms with E-state index >= 15 is 0 Å². The molecule has 0 aliphatic rings. The molecule has 0 radical (unpaired) electrons. The Morgan fingerprint density at radius 3 is 2.43 bits per heavy atom. The molecule has 2 N–H and O–H groups in total. The Bertz CT molecular complexity index is 593. The normalized spacial score (nSPS) is 18.7. The van der Waals surface area contributed by atoms with Crippen LogP contribution < -0.4 is 10.1 Å². The predicted molar refractivity (Wildman–Crippen MR) is 91.8 cm³/mol. The first kappa shape index (κ1) is 13.2. The fourth-order valence-corrected chi connectivity index (χ4v) is 1.59. The van der Waals surface area contributed by atoms with Crippen LogP contribution in [0.25, 0.3) is 0 Å². The van der Waals surface area contributed by atoms with Crippen LogP contribution in [-0.4, -0.2) is 49.6 Å². The van der Waals surface area contributed by atoms with Crippen LogP contribution in [0.5, 0.6) is 5.75 Å². The summed E-state index contributed by atoms with van der Waals surface area (Å²) in [4.78, 5) is 0. The molecule has 1 unspecified atom stereocenters. The molecule has 5 heteroatoms. The first-order valence-electron chi connectivity index (χ1n) is 10.3. The zero-order chi connectivity index (χ0) is 21.6. The van der Waals surface area contributed by atoms with Crippen molar-refractivity contribution in [3.8, 4) is 5.75 Å². The third-order valence-electron chi connectivity index (χ3n) is 2.67. The second-order valence-electron chi connectivity index (χ2n) is 5.58. The standard InChI is InChI=1S/C18H31NO4/c1-14(2)19-11-18(12-20)23-17-7-5-16(6-8-17)13-21-9-10-22-15(3)4/h5-8,14-15,18-20H,9-13H2,1-4H3/i11D2,12D2,18D. The van der Waals surface area contributed by atoms with Gasteiger partial charge in [-0.15, -0.1) is 0 Å². The molecular formula is C18H31NO4. The van der Waals surface area contributed by atoms with E-state index in [9.17, 15) is 5.11 Å². The van der Waals surface area contributed by atoms with Gasteiger partial charge in [-0.2, -0.15) is 0 Å². The summed E-state index contributed by atoms with van der Waals surface area (Å²) >= 11 is 0. The van der Waals surface area contributed by atoms with E-state index in [0.29, 0.717) is 19.8 Å². The Balaban J connectivity index is 2.80. The maximum atomic E-state index is 9.82. The lowest BCUT2D eigenvalue weighted by atomic mass is 10.2. The molecule has 132 valence electrons. The van der Waals surface area contributed by atoms with E-state index in [1.54, 1.807) is 26.0 Å². The molecule has 0 aromatic heterocycles. The highest BCUT2D eigenvalue weighted by Gasteiger charge is 2.09. The summed E-state index contributed by atoms with van der Waals surface area (Å²) in [5, 5.41) is 12.3. The monoisotopic (exact) mass is 330 g/mol. The van der Waals surface area contributed by atoms with Crippen molar-refractivity contribution in [3.05, 3.63) is 29.8 Å². The van der Waals surface area contributed by atoms with E-state index in [-0.39, 0.29) is 11.9 Å². The molecule has 5 nitrogen and oxygen atoms in total. The summed E-state index contributed by atoms with van der Waals surface area (Å²) in [5.41, 5.74) is 0.822. The van der Waals surface area contributed by atoms with Crippen molar-refractivity contribution in [2.75, 3.05) is 26.3 Å². The summed E-state index contributed by atoms with van der Waals surface area (Å²) in [6.45, 7) is 2.51. The molecule has 0 aliphatic carbocycles. The zero-order valence-electron chi connectivity index (χ0n) is 19.3. The van der Waals surface area contributed by atoms with Gasteiger partial charge in [0.1, 0.15) is 11.8 Å². The van der Waals surface area contributed by atoms with Crippen LogP contribution in [0.1, 0.15) is 40.1 Å². The van der Waals surface area contributed by atoms with E-state index in [4.69, 9.17) is 21.1 Å². The van der Waals surface area contributed by atoms with Crippen LogP contribution in [0.15, 0.2) is 24.3 Å². The van der Waals surface area contributed by atoms with Gasteiger partial charge in [0.2, 0.25) is 0 Å². The van der Waals surface area contributed by atoms with Gasteiger partial charge in [-0.3, -0.25) is 0 Å². The summed E-state index contributed by atoms with van der Waals surface area (Å²) in [6.07, 6.45) is -2.79. The molecule has 0 spiro atoms. The molecule has 1 aromatic rings. The highest BCUT2D eigenvalue weighted by atomic mass is 16.5. The number of hydrogen-bond donors (Lipinski definition) is 2. The molecule has 0 saturated heterocycles. The number of nitrogens with one attached hydrogen (secondary N) is 1. The van der Waals surface area contributed by atoms with E-state index in [1.165, 1.54) is 12.1 Å². The van der Waals surface area contributed by atoms with Crippen molar-refractivity contribution in [1.29, 1.82) is 0 Å². The number of hydrogen-bond acceptors (Lipinski definition) is 5. The van der Waals surface area contributed by atoms with E-state index in [2.05, 4.69) is 5.32 Å². The lowest BCUT2D eigenvalue weighted by molar-refractivity contribution is 0.0143. The molecule has 1 aromatic carbocycles. The number of ether oxygens (including phenoxy) is 3. The van der Waals surface area contributed by atoms with E-state index in [0.717, 1.165) is 5.56 Å². The second-order valence-corrected chi connectivity index (χ2v) is 5.58. The Morgan fingerprint density at radius 1 is 1.17 bits per heavy atom. The zero-order valence-corrected chi connectivity index (χ0v) is 14.3. The molecule has 0 saturated carbocycles. The molecule has 0 fully saturated rings. The Labute approximate surface area is 147 Å². The largest absolute Gasteiger partial charge is 0.487 e. The maximum Gasteiger partial charge on any atom is 0.134 e. The van der Waals surface area contributed by atoms with Crippen LogP contribution in [0.4, 0.5) is 0 Å². The molecule has 0 bridgehead atoms. The van der Waals surface area contributed by atoms with Gasteiger partial charge in [0.25, 0.3) is 0 Å². The van der Waals surface area contributed by atoms with Crippen molar-refractivity contribution in [1.82, 2.24) is 5.32 Å². The van der Waals surface area contributed by atoms with Crippen LogP contribution in [0.3, 0.4) is 0 Å². The van der Waals surface area contributed by atoms with Gasteiger partial charge < -0.3 is 24.6 Å². The minimum atomic E-state index is -3.27. The van der Waals surface area contributed by atoms with Gasteiger partial charge >= 0.3 is 0 Å². The maximum absolute atomic E-state index is 9.82. The molecule has 1 atom stereocenters. The summed E-state index contributed by atoms with van der Waals surface area (Å²) in [6, 6.07) is 5.88. The average Bonchev–Trinajstić information content (AvgIpc) is 2.53. The molecule has 0 amide bonds. The van der Waals surface area contributed by atoms with Crippen LogP contribution in [-0.2, 0) is 16.1 Å². The minimum Gasteiger partial charge on any atom is -0.487 e. The average molecular weight is 330 g/mol. The predicted octanol–water partition coefficient (Wildman–Crippen LogP) is 2.37. The fourth-order valence-electron chi connectivity index (χ4n) is 1.59. The van der Waals surface area contributed by atoms with Crippen molar-refractivity contribution < 1.29 is 26.2 Å². The Kier molecular flexibility index (Phi) is 6.54. The Hall–Kier alpha value is -1.14. The number of aliphatic hydroxyl groups is 1. The topological polar surface area (TPSA) is 60.0 Å². The van der Waals surface area contributed by atoms with Gasteiger partial charge in [0.05, 0.1) is 36.6 Å².